The van der Waals surface area contributed by atoms with Gasteiger partial charge < -0.3 is 14.8 Å². The molecule has 1 aromatic carbocycles. The summed E-state index contributed by atoms with van der Waals surface area (Å²) in [5.74, 6) is 1.68. The van der Waals surface area contributed by atoms with Crippen molar-refractivity contribution in [3.05, 3.63) is 23.3 Å². The summed E-state index contributed by atoms with van der Waals surface area (Å²) in [6, 6.07) is 4.24. The van der Waals surface area contributed by atoms with Gasteiger partial charge in [-0.05, 0) is 43.6 Å². The standard InChI is InChI=1S/C13H21NO2/c1-5-10-8-11(6-7-14-2)13(16-4)12(9-10)15-3/h8-9,14H,5-7H2,1-4H3. The molecule has 0 bridgehead atoms. The van der Waals surface area contributed by atoms with E-state index in [-0.39, 0.29) is 0 Å². The Kier molecular flexibility index (Phi) is 5.12. The molecule has 1 aromatic rings. The summed E-state index contributed by atoms with van der Waals surface area (Å²) in [5.41, 5.74) is 2.48. The van der Waals surface area contributed by atoms with Gasteiger partial charge in [0.1, 0.15) is 0 Å². The first-order chi connectivity index (χ1) is 7.76. The molecule has 0 aromatic heterocycles. The van der Waals surface area contributed by atoms with Gasteiger partial charge >= 0.3 is 0 Å². The number of rotatable bonds is 6. The van der Waals surface area contributed by atoms with Gasteiger partial charge in [-0.1, -0.05) is 13.0 Å². The maximum Gasteiger partial charge on any atom is 0.163 e. The first-order valence-corrected chi connectivity index (χ1v) is 5.65. The molecule has 0 amide bonds. The maximum atomic E-state index is 5.41. The lowest BCUT2D eigenvalue weighted by atomic mass is 10.0. The minimum Gasteiger partial charge on any atom is -0.493 e. The Labute approximate surface area is 97.8 Å². The van der Waals surface area contributed by atoms with E-state index in [1.165, 1.54) is 11.1 Å². The minimum atomic E-state index is 0.827. The number of benzene rings is 1. The highest BCUT2D eigenvalue weighted by atomic mass is 16.5. The van der Waals surface area contributed by atoms with Crippen molar-refractivity contribution in [2.24, 2.45) is 0 Å². The van der Waals surface area contributed by atoms with Gasteiger partial charge in [-0.25, -0.2) is 0 Å². The molecule has 1 rings (SSSR count). The van der Waals surface area contributed by atoms with E-state index in [2.05, 4.69) is 18.3 Å². The zero-order valence-electron chi connectivity index (χ0n) is 10.6. The van der Waals surface area contributed by atoms with Gasteiger partial charge in [-0.3, -0.25) is 0 Å². The summed E-state index contributed by atoms with van der Waals surface area (Å²) in [4.78, 5) is 0. The van der Waals surface area contributed by atoms with Gasteiger partial charge in [0, 0.05) is 0 Å². The van der Waals surface area contributed by atoms with Crippen molar-refractivity contribution in [1.82, 2.24) is 5.32 Å². The Balaban J connectivity index is 3.09. The molecule has 3 nitrogen and oxygen atoms in total. The molecular formula is C13H21NO2. The second-order valence-corrected chi connectivity index (χ2v) is 3.70. The van der Waals surface area contributed by atoms with Crippen molar-refractivity contribution in [2.45, 2.75) is 19.8 Å². The quantitative estimate of drug-likeness (QED) is 0.800. The van der Waals surface area contributed by atoms with E-state index in [1.807, 2.05) is 13.1 Å². The van der Waals surface area contributed by atoms with Crippen LogP contribution in [0.25, 0.3) is 0 Å². The molecule has 0 heterocycles. The predicted octanol–water partition coefficient (Wildman–Crippen LogP) is 2.03. The fourth-order valence-corrected chi connectivity index (χ4v) is 1.76. The van der Waals surface area contributed by atoms with E-state index in [9.17, 15) is 0 Å². The summed E-state index contributed by atoms with van der Waals surface area (Å²) >= 11 is 0. The van der Waals surface area contributed by atoms with Crippen LogP contribution in [0, 0.1) is 0 Å². The average Bonchev–Trinajstić information content (AvgIpc) is 2.34. The minimum absolute atomic E-state index is 0.827. The second-order valence-electron chi connectivity index (χ2n) is 3.70. The third-order valence-electron chi connectivity index (χ3n) is 2.67. The van der Waals surface area contributed by atoms with Crippen LogP contribution < -0.4 is 14.8 Å². The molecule has 0 saturated heterocycles. The first-order valence-electron chi connectivity index (χ1n) is 5.65. The zero-order chi connectivity index (χ0) is 12.0. The van der Waals surface area contributed by atoms with Gasteiger partial charge in [0.25, 0.3) is 0 Å². The van der Waals surface area contributed by atoms with E-state index in [0.717, 1.165) is 30.9 Å². The smallest absolute Gasteiger partial charge is 0.163 e. The van der Waals surface area contributed by atoms with Gasteiger partial charge in [-0.15, -0.1) is 0 Å². The molecular weight excluding hydrogens is 202 g/mol. The number of hydrogen-bond acceptors (Lipinski definition) is 3. The third-order valence-corrected chi connectivity index (χ3v) is 2.67. The summed E-state index contributed by atoms with van der Waals surface area (Å²) in [7, 11) is 5.32. The summed E-state index contributed by atoms with van der Waals surface area (Å²) in [6.07, 6.45) is 1.96. The summed E-state index contributed by atoms with van der Waals surface area (Å²) < 4.78 is 10.8. The number of ether oxygens (including phenoxy) is 2. The maximum absolute atomic E-state index is 5.41. The highest BCUT2D eigenvalue weighted by Gasteiger charge is 2.11. The fraction of sp³-hybridized carbons (Fsp3) is 0.538. The van der Waals surface area contributed by atoms with Crippen molar-refractivity contribution in [2.75, 3.05) is 27.8 Å². The highest BCUT2D eigenvalue weighted by molar-refractivity contribution is 5.49. The zero-order valence-corrected chi connectivity index (χ0v) is 10.6. The Morgan fingerprint density at radius 2 is 1.94 bits per heavy atom. The molecule has 0 saturated carbocycles. The van der Waals surface area contributed by atoms with Crippen LogP contribution >= 0.6 is 0 Å². The Hall–Kier alpha value is -1.22. The van der Waals surface area contributed by atoms with E-state index in [0.29, 0.717) is 0 Å². The largest absolute Gasteiger partial charge is 0.493 e. The Morgan fingerprint density at radius 3 is 2.44 bits per heavy atom. The molecule has 0 atom stereocenters. The normalized spacial score (nSPS) is 10.2. The van der Waals surface area contributed by atoms with Crippen LogP contribution in [0.2, 0.25) is 0 Å². The van der Waals surface area contributed by atoms with E-state index in [1.54, 1.807) is 14.2 Å². The second kappa shape index (κ2) is 6.38. The lowest BCUT2D eigenvalue weighted by Crippen LogP contribution is -2.11. The van der Waals surface area contributed by atoms with Gasteiger partial charge in [0.15, 0.2) is 11.5 Å². The van der Waals surface area contributed by atoms with Crippen LogP contribution in [0.5, 0.6) is 11.5 Å². The number of methoxy groups -OCH3 is 2. The molecule has 0 fully saturated rings. The van der Waals surface area contributed by atoms with E-state index in [4.69, 9.17) is 9.47 Å². The fourth-order valence-electron chi connectivity index (χ4n) is 1.76. The van der Waals surface area contributed by atoms with Crippen LogP contribution in [-0.4, -0.2) is 27.8 Å². The molecule has 16 heavy (non-hydrogen) atoms. The van der Waals surface area contributed by atoms with Crippen molar-refractivity contribution < 1.29 is 9.47 Å². The van der Waals surface area contributed by atoms with Gasteiger partial charge in [-0.2, -0.15) is 0 Å². The molecule has 0 unspecified atom stereocenters. The molecule has 1 N–H and O–H groups in total. The molecule has 0 radical (unpaired) electrons. The third kappa shape index (κ3) is 2.89. The van der Waals surface area contributed by atoms with Crippen LogP contribution in [0.4, 0.5) is 0 Å². The molecule has 0 spiro atoms. The topological polar surface area (TPSA) is 30.5 Å². The molecule has 0 aliphatic carbocycles. The molecule has 90 valence electrons. The van der Waals surface area contributed by atoms with Crippen LogP contribution in [-0.2, 0) is 12.8 Å². The predicted molar refractivity (Wildman–Crippen MR) is 66.6 cm³/mol. The summed E-state index contributed by atoms with van der Waals surface area (Å²) in [6.45, 7) is 3.08. The summed E-state index contributed by atoms with van der Waals surface area (Å²) in [5, 5.41) is 3.15. The molecule has 0 aliphatic heterocycles. The van der Waals surface area contributed by atoms with Crippen molar-refractivity contribution in [1.29, 1.82) is 0 Å². The van der Waals surface area contributed by atoms with E-state index >= 15 is 0 Å². The SMILES string of the molecule is CCc1cc(CCNC)c(OC)c(OC)c1. The van der Waals surface area contributed by atoms with Crippen LogP contribution in [0.15, 0.2) is 12.1 Å². The van der Waals surface area contributed by atoms with Crippen molar-refractivity contribution >= 4 is 0 Å². The number of nitrogens with one attached hydrogen (secondary N) is 1. The monoisotopic (exact) mass is 223 g/mol. The lowest BCUT2D eigenvalue weighted by Gasteiger charge is -2.14. The molecule has 3 heteroatoms. The van der Waals surface area contributed by atoms with Crippen LogP contribution in [0.1, 0.15) is 18.1 Å². The molecule has 0 aliphatic rings. The van der Waals surface area contributed by atoms with Crippen LogP contribution in [0.3, 0.4) is 0 Å². The van der Waals surface area contributed by atoms with Gasteiger partial charge in [0.2, 0.25) is 0 Å². The Morgan fingerprint density at radius 1 is 1.19 bits per heavy atom. The highest BCUT2D eigenvalue weighted by Crippen LogP contribution is 2.33. The first kappa shape index (κ1) is 12.8. The Bertz CT molecular complexity index is 337. The van der Waals surface area contributed by atoms with Crippen molar-refractivity contribution in [3.8, 4) is 11.5 Å². The van der Waals surface area contributed by atoms with Gasteiger partial charge in [0.05, 0.1) is 14.2 Å². The average molecular weight is 223 g/mol. The number of aryl methyl sites for hydroxylation is 1. The van der Waals surface area contributed by atoms with Crippen molar-refractivity contribution in [3.63, 3.8) is 0 Å². The lowest BCUT2D eigenvalue weighted by molar-refractivity contribution is 0.351. The number of hydrogen-bond donors (Lipinski definition) is 1. The number of likely N-dealkylation sites (N-methyl/N-ethyl adjacent to an activating group) is 1. The van der Waals surface area contributed by atoms with E-state index < -0.39 is 0 Å².